The van der Waals surface area contributed by atoms with E-state index in [9.17, 15) is 8.78 Å². The first-order valence-electron chi connectivity index (χ1n) is 7.15. The first-order chi connectivity index (χ1) is 10.2. The van der Waals surface area contributed by atoms with Gasteiger partial charge in [-0.1, -0.05) is 13.3 Å². The van der Waals surface area contributed by atoms with E-state index in [2.05, 4.69) is 11.9 Å². The van der Waals surface area contributed by atoms with Gasteiger partial charge in [0.2, 0.25) is 0 Å². The van der Waals surface area contributed by atoms with E-state index in [0.29, 0.717) is 24.5 Å². The molecule has 0 unspecified atom stereocenters. The molecule has 116 valence electrons. The molecule has 21 heavy (non-hydrogen) atoms. The standard InChI is InChI=1S/C15H19ClF2N2O/c1-2-3-6-21-7-4-5-20-13-9-11(17)8-12(18)15(13)19-14(20)10-16/h8-9H,2-7,10H2,1H3. The summed E-state index contributed by atoms with van der Waals surface area (Å²) in [6, 6.07) is 2.13. The monoisotopic (exact) mass is 316 g/mol. The van der Waals surface area contributed by atoms with Gasteiger partial charge in [-0.25, -0.2) is 13.8 Å². The summed E-state index contributed by atoms with van der Waals surface area (Å²) < 4.78 is 34.4. The smallest absolute Gasteiger partial charge is 0.153 e. The van der Waals surface area contributed by atoms with Gasteiger partial charge in [0.1, 0.15) is 17.2 Å². The molecule has 0 radical (unpaired) electrons. The number of aryl methyl sites for hydroxylation is 1. The maximum Gasteiger partial charge on any atom is 0.153 e. The Kier molecular flexibility index (Phi) is 5.94. The van der Waals surface area contributed by atoms with Crippen LogP contribution in [0.5, 0.6) is 0 Å². The maximum atomic E-state index is 13.7. The number of halogens is 3. The Bertz CT molecular complexity index is 601. The van der Waals surface area contributed by atoms with Crippen LogP contribution in [0.1, 0.15) is 32.0 Å². The second-order valence-corrected chi connectivity index (χ2v) is 5.16. The van der Waals surface area contributed by atoms with E-state index in [4.69, 9.17) is 16.3 Å². The molecule has 2 aromatic rings. The molecule has 0 saturated carbocycles. The van der Waals surface area contributed by atoms with Gasteiger partial charge in [0.25, 0.3) is 0 Å². The Hall–Kier alpha value is -1.20. The molecule has 0 bridgehead atoms. The molecule has 0 aliphatic carbocycles. The lowest BCUT2D eigenvalue weighted by Crippen LogP contribution is -2.06. The number of benzene rings is 1. The Morgan fingerprint density at radius 1 is 1.24 bits per heavy atom. The summed E-state index contributed by atoms with van der Waals surface area (Å²) in [6.45, 7) is 4.04. The fourth-order valence-electron chi connectivity index (χ4n) is 2.22. The molecule has 0 aliphatic rings. The summed E-state index contributed by atoms with van der Waals surface area (Å²) >= 11 is 5.85. The van der Waals surface area contributed by atoms with Crippen molar-refractivity contribution in [3.05, 3.63) is 29.6 Å². The minimum Gasteiger partial charge on any atom is -0.381 e. The Morgan fingerprint density at radius 3 is 2.71 bits per heavy atom. The molecule has 0 atom stereocenters. The van der Waals surface area contributed by atoms with Crippen LogP contribution in [0.25, 0.3) is 11.0 Å². The summed E-state index contributed by atoms with van der Waals surface area (Å²) in [4.78, 5) is 4.15. The lowest BCUT2D eigenvalue weighted by Gasteiger charge is -2.08. The molecule has 0 saturated heterocycles. The molecule has 0 amide bonds. The van der Waals surface area contributed by atoms with Crippen LogP contribution < -0.4 is 0 Å². The summed E-state index contributed by atoms with van der Waals surface area (Å²) in [6.07, 6.45) is 2.88. The van der Waals surface area contributed by atoms with E-state index >= 15 is 0 Å². The zero-order chi connectivity index (χ0) is 15.2. The van der Waals surface area contributed by atoms with Crippen molar-refractivity contribution in [1.82, 2.24) is 9.55 Å². The van der Waals surface area contributed by atoms with Crippen molar-refractivity contribution in [3.8, 4) is 0 Å². The van der Waals surface area contributed by atoms with Crippen LogP contribution >= 0.6 is 11.6 Å². The largest absolute Gasteiger partial charge is 0.381 e. The van der Waals surface area contributed by atoms with Crippen LogP contribution in [0.4, 0.5) is 8.78 Å². The second kappa shape index (κ2) is 7.71. The van der Waals surface area contributed by atoms with Crippen LogP contribution in [0, 0.1) is 11.6 Å². The van der Waals surface area contributed by atoms with Crippen molar-refractivity contribution in [3.63, 3.8) is 0 Å². The number of rotatable bonds is 8. The Morgan fingerprint density at radius 2 is 2.00 bits per heavy atom. The number of nitrogens with zero attached hydrogens (tertiary/aromatic N) is 2. The second-order valence-electron chi connectivity index (χ2n) is 4.89. The number of alkyl halides is 1. The number of hydrogen-bond acceptors (Lipinski definition) is 2. The third-order valence-electron chi connectivity index (χ3n) is 3.28. The molecule has 1 aromatic carbocycles. The summed E-state index contributed by atoms with van der Waals surface area (Å²) in [7, 11) is 0. The first-order valence-corrected chi connectivity index (χ1v) is 7.68. The number of hydrogen-bond donors (Lipinski definition) is 0. The Balaban J connectivity index is 2.10. The van der Waals surface area contributed by atoms with Crippen molar-refractivity contribution in [2.45, 2.75) is 38.6 Å². The number of unbranched alkanes of at least 4 members (excludes halogenated alkanes) is 1. The van der Waals surface area contributed by atoms with Gasteiger partial charge in [-0.3, -0.25) is 0 Å². The van der Waals surface area contributed by atoms with Crippen molar-refractivity contribution < 1.29 is 13.5 Å². The number of fused-ring (bicyclic) bond motifs is 1. The van der Waals surface area contributed by atoms with E-state index in [1.807, 2.05) is 0 Å². The predicted octanol–water partition coefficient (Wildman–Crippen LogP) is 4.26. The molecule has 0 N–H and O–H groups in total. The van der Waals surface area contributed by atoms with Crippen LogP contribution in [-0.2, 0) is 17.2 Å². The quantitative estimate of drug-likeness (QED) is 0.537. The molecule has 3 nitrogen and oxygen atoms in total. The molecule has 1 heterocycles. The fourth-order valence-corrected chi connectivity index (χ4v) is 2.43. The molecule has 2 rings (SSSR count). The van der Waals surface area contributed by atoms with Crippen LogP contribution in [0.3, 0.4) is 0 Å². The number of ether oxygens (including phenoxy) is 1. The van der Waals surface area contributed by atoms with Gasteiger partial charge < -0.3 is 9.30 Å². The van der Waals surface area contributed by atoms with E-state index in [1.54, 1.807) is 4.57 Å². The highest BCUT2D eigenvalue weighted by Gasteiger charge is 2.14. The number of aromatic nitrogens is 2. The highest BCUT2D eigenvalue weighted by molar-refractivity contribution is 6.16. The third-order valence-corrected chi connectivity index (χ3v) is 3.52. The van der Waals surface area contributed by atoms with E-state index in [-0.39, 0.29) is 11.4 Å². The summed E-state index contributed by atoms with van der Waals surface area (Å²) in [5.41, 5.74) is 0.607. The van der Waals surface area contributed by atoms with Crippen molar-refractivity contribution in [2.24, 2.45) is 0 Å². The van der Waals surface area contributed by atoms with Crippen LogP contribution in [0.2, 0.25) is 0 Å². The molecule has 0 fully saturated rings. The maximum absolute atomic E-state index is 13.7. The van der Waals surface area contributed by atoms with Gasteiger partial charge in [0.05, 0.1) is 11.4 Å². The average molecular weight is 317 g/mol. The normalized spacial score (nSPS) is 11.4. The van der Waals surface area contributed by atoms with Crippen molar-refractivity contribution in [2.75, 3.05) is 13.2 Å². The van der Waals surface area contributed by atoms with Gasteiger partial charge in [-0.05, 0) is 18.9 Å². The molecule has 0 aliphatic heterocycles. The lowest BCUT2D eigenvalue weighted by atomic mass is 10.3. The van der Waals surface area contributed by atoms with Gasteiger partial charge in [-0.15, -0.1) is 11.6 Å². The SMILES string of the molecule is CCCCOCCCn1c(CCl)nc2c(F)cc(F)cc21. The van der Waals surface area contributed by atoms with Gasteiger partial charge in [0.15, 0.2) is 5.82 Å². The third kappa shape index (κ3) is 3.92. The Labute approximate surface area is 127 Å². The predicted molar refractivity (Wildman–Crippen MR) is 79.6 cm³/mol. The highest BCUT2D eigenvalue weighted by atomic mass is 35.5. The molecule has 1 aromatic heterocycles. The summed E-state index contributed by atoms with van der Waals surface area (Å²) in [5, 5.41) is 0. The molecular formula is C15H19ClF2N2O. The van der Waals surface area contributed by atoms with Gasteiger partial charge in [-0.2, -0.15) is 0 Å². The minimum atomic E-state index is -0.658. The average Bonchev–Trinajstić information content (AvgIpc) is 2.81. The van der Waals surface area contributed by atoms with Crippen LogP contribution in [0.15, 0.2) is 12.1 Å². The molecule has 6 heteroatoms. The zero-order valence-electron chi connectivity index (χ0n) is 12.0. The minimum absolute atomic E-state index is 0.159. The highest BCUT2D eigenvalue weighted by Crippen LogP contribution is 2.22. The zero-order valence-corrected chi connectivity index (χ0v) is 12.8. The van der Waals surface area contributed by atoms with Gasteiger partial charge >= 0.3 is 0 Å². The topological polar surface area (TPSA) is 27.1 Å². The first kappa shape index (κ1) is 16.2. The van der Waals surface area contributed by atoms with E-state index in [1.165, 1.54) is 6.07 Å². The van der Waals surface area contributed by atoms with E-state index < -0.39 is 11.6 Å². The lowest BCUT2D eigenvalue weighted by molar-refractivity contribution is 0.126. The van der Waals surface area contributed by atoms with Gasteiger partial charge in [0, 0.05) is 25.8 Å². The molecule has 0 spiro atoms. The molecular weight excluding hydrogens is 298 g/mol. The van der Waals surface area contributed by atoms with E-state index in [0.717, 1.165) is 31.9 Å². The van der Waals surface area contributed by atoms with Crippen molar-refractivity contribution >= 4 is 22.6 Å². The van der Waals surface area contributed by atoms with Crippen molar-refractivity contribution in [1.29, 1.82) is 0 Å². The van der Waals surface area contributed by atoms with Crippen LogP contribution in [-0.4, -0.2) is 22.8 Å². The number of imidazole rings is 1. The fraction of sp³-hybridized carbons (Fsp3) is 0.533. The summed E-state index contributed by atoms with van der Waals surface area (Å²) in [5.74, 6) is -0.563.